The van der Waals surface area contributed by atoms with Crippen LogP contribution in [0.25, 0.3) is 0 Å². The number of hydrogen-bond donors (Lipinski definition) is 19. The Balaban J connectivity index is -0.000000211. The topological polar surface area (TPSA) is 528 Å². The molecular formula is C28H53N11O18S2. The molecule has 22 N–H and O–H groups in total. The van der Waals surface area contributed by atoms with Crippen molar-refractivity contribution >= 4 is 96.9 Å². The van der Waals surface area contributed by atoms with Crippen molar-refractivity contribution in [2.45, 2.75) is 81.2 Å². The third-order valence-electron chi connectivity index (χ3n) is 5.93. The van der Waals surface area contributed by atoms with Gasteiger partial charge in [0.05, 0.1) is 50.2 Å². The van der Waals surface area contributed by atoms with Crippen LogP contribution in [-0.4, -0.2) is 159 Å². The van der Waals surface area contributed by atoms with Crippen molar-refractivity contribution in [3.63, 3.8) is 0 Å². The number of aliphatic carboxylic acids is 6. The molecule has 29 nitrogen and oxygen atoms in total. The minimum absolute atomic E-state index is 0.157. The third kappa shape index (κ3) is 40.1. The minimum Gasteiger partial charge on any atom is -0.481 e. The standard InChI is InChI=1S/C9H15N3O6.C6H12N2O3.C5H10N2O3.2C4H8N2O3S/c1-11-9(18)5(3-7(15)16)12-8(17)4(10)2-6(13)14;1-8-5(9)3-2-4(7)6(10)11;1-7-5(10)3(6)2-4(8)9;5-2(1-3(7)8)4(9)6-10;5-2(4(8)9)1-3(7)6-10/h4-5H,2-3,10H2,1H3,(H,11,18)(H,12,17)(H,13,14)(H,15,16);4H,2-3,7H2,1H3,(H,8,9)(H,10,11);3H,2,6H2,1H3,(H,7,10)(H,8,9);2,10H,1,5H2,(H,6,9)(H,7,8);2,10H,1,5H2,(H,6,7)(H,8,9). The van der Waals surface area contributed by atoms with Crippen molar-refractivity contribution in [1.82, 2.24) is 30.7 Å². The van der Waals surface area contributed by atoms with Crippen molar-refractivity contribution in [3.8, 4) is 0 Å². The number of carboxylic acid groups (broad SMARTS) is 6. The first kappa shape index (κ1) is 62.3. The van der Waals surface area contributed by atoms with E-state index >= 15 is 0 Å². The van der Waals surface area contributed by atoms with Crippen LogP contribution in [0.2, 0.25) is 0 Å². The van der Waals surface area contributed by atoms with E-state index in [0.29, 0.717) is 0 Å². The highest BCUT2D eigenvalue weighted by Crippen LogP contribution is 1.97. The molecule has 6 unspecified atom stereocenters. The number of thiol groups is 2. The molecule has 0 heterocycles. The number of nitrogens with two attached hydrogens (primary N) is 5. The van der Waals surface area contributed by atoms with E-state index in [0.717, 1.165) is 0 Å². The van der Waals surface area contributed by atoms with Gasteiger partial charge in [-0.05, 0) is 6.42 Å². The first-order valence-electron chi connectivity index (χ1n) is 16.0. The zero-order valence-corrected chi connectivity index (χ0v) is 33.6. The fourth-order valence-corrected chi connectivity index (χ4v) is 3.07. The van der Waals surface area contributed by atoms with Crippen molar-refractivity contribution in [3.05, 3.63) is 0 Å². The number of carbonyl (C=O) groups excluding carboxylic acids is 6. The Kier molecular flexibility index (Phi) is 38.5. The lowest BCUT2D eigenvalue weighted by molar-refractivity contribution is -0.142. The van der Waals surface area contributed by atoms with Crippen LogP contribution in [0.15, 0.2) is 0 Å². The highest BCUT2D eigenvalue weighted by Gasteiger charge is 2.26. The van der Waals surface area contributed by atoms with Gasteiger partial charge in [0, 0.05) is 27.6 Å². The maximum Gasteiger partial charge on any atom is 0.321 e. The minimum atomic E-state index is -1.34. The van der Waals surface area contributed by atoms with Crippen LogP contribution in [0.1, 0.15) is 44.9 Å². The van der Waals surface area contributed by atoms with Crippen molar-refractivity contribution in [1.29, 1.82) is 0 Å². The summed E-state index contributed by atoms with van der Waals surface area (Å²) in [6.07, 6.45) is -1.87. The van der Waals surface area contributed by atoms with Gasteiger partial charge in [-0.25, -0.2) is 0 Å². The molecule has 6 atom stereocenters. The van der Waals surface area contributed by atoms with Crippen molar-refractivity contribution in [2.75, 3.05) is 21.1 Å². The molecule has 31 heteroatoms. The summed E-state index contributed by atoms with van der Waals surface area (Å²) in [6.45, 7) is 0. The van der Waals surface area contributed by atoms with E-state index in [-0.39, 0.29) is 38.0 Å². The Morgan fingerprint density at radius 1 is 0.441 bits per heavy atom. The van der Waals surface area contributed by atoms with E-state index < -0.39 is 114 Å². The monoisotopic (exact) mass is 895 g/mol. The van der Waals surface area contributed by atoms with Crippen molar-refractivity contribution in [2.24, 2.45) is 28.7 Å². The number of hydrogen-bond acceptors (Lipinski definition) is 19. The summed E-state index contributed by atoms with van der Waals surface area (Å²) in [4.78, 5) is 126. The number of carbonyl (C=O) groups is 12. The maximum atomic E-state index is 11.4. The first-order chi connectivity index (χ1) is 27.1. The van der Waals surface area contributed by atoms with Gasteiger partial charge in [0.25, 0.3) is 0 Å². The lowest BCUT2D eigenvalue weighted by Gasteiger charge is -2.17. The van der Waals surface area contributed by atoms with E-state index in [4.69, 9.17) is 59.3 Å². The fourth-order valence-electron chi connectivity index (χ4n) is 2.82. The number of likely N-dealkylation sites (N-methyl/N-ethyl adjacent to an activating group) is 2. The number of amides is 6. The average Bonchev–Trinajstić information content (AvgIpc) is 3.15. The zero-order valence-electron chi connectivity index (χ0n) is 31.8. The van der Waals surface area contributed by atoms with Crippen molar-refractivity contribution < 1.29 is 88.2 Å². The largest absolute Gasteiger partial charge is 0.481 e. The average molecular weight is 896 g/mol. The Labute approximate surface area is 346 Å². The van der Waals surface area contributed by atoms with Gasteiger partial charge in [0.2, 0.25) is 35.4 Å². The summed E-state index contributed by atoms with van der Waals surface area (Å²) in [5, 5.41) is 58.7. The molecule has 0 aromatic heterocycles. The summed E-state index contributed by atoms with van der Waals surface area (Å²) in [5.74, 6) is -10.3. The molecule has 0 saturated carbocycles. The Hall–Kier alpha value is -5.86. The summed E-state index contributed by atoms with van der Waals surface area (Å²) < 4.78 is 3.90. The molecule has 59 heavy (non-hydrogen) atoms. The number of nitrogens with one attached hydrogen (secondary N) is 6. The Morgan fingerprint density at radius 2 is 0.814 bits per heavy atom. The highest BCUT2D eigenvalue weighted by molar-refractivity contribution is 7.78. The molecule has 0 bridgehead atoms. The van der Waals surface area contributed by atoms with Crippen LogP contribution < -0.4 is 59.4 Å². The Bertz CT molecular complexity index is 1390. The quantitative estimate of drug-likeness (QED) is 0.0505. The normalized spacial score (nSPS) is 12.5. The fraction of sp³-hybridized carbons (Fsp3) is 0.571. The van der Waals surface area contributed by atoms with E-state index in [9.17, 15) is 57.5 Å². The Morgan fingerprint density at radius 3 is 1.12 bits per heavy atom. The van der Waals surface area contributed by atoms with Gasteiger partial charge >= 0.3 is 35.8 Å². The molecule has 0 aliphatic carbocycles. The van der Waals surface area contributed by atoms with Gasteiger partial charge in [-0.1, -0.05) is 25.6 Å². The van der Waals surface area contributed by atoms with E-state index in [1.807, 2.05) is 9.44 Å². The second kappa shape index (κ2) is 36.5. The number of rotatable bonds is 20. The summed E-state index contributed by atoms with van der Waals surface area (Å²) >= 11 is 6.82. The summed E-state index contributed by atoms with van der Waals surface area (Å²) in [5.41, 5.74) is 25.6. The van der Waals surface area contributed by atoms with Crippen LogP contribution in [0.5, 0.6) is 0 Å². The van der Waals surface area contributed by atoms with Gasteiger partial charge in [0.15, 0.2) is 0 Å². The lowest BCUT2D eigenvalue weighted by atomic mass is 10.1. The molecule has 0 aromatic rings. The smallest absolute Gasteiger partial charge is 0.321 e. The van der Waals surface area contributed by atoms with Gasteiger partial charge in [-0.15, -0.1) is 0 Å². The molecule has 0 fully saturated rings. The highest BCUT2D eigenvalue weighted by atomic mass is 32.1. The molecule has 0 spiro atoms. The molecule has 340 valence electrons. The lowest BCUT2D eigenvalue weighted by Crippen LogP contribution is -2.52. The van der Waals surface area contributed by atoms with E-state index in [2.05, 4.69) is 46.9 Å². The molecule has 0 saturated heterocycles. The van der Waals surface area contributed by atoms with Gasteiger partial charge < -0.3 is 90.0 Å². The third-order valence-corrected chi connectivity index (χ3v) is 6.40. The molecule has 0 rings (SSSR count). The molecule has 0 aliphatic rings. The summed E-state index contributed by atoms with van der Waals surface area (Å²) in [6, 6.07) is -6.68. The maximum absolute atomic E-state index is 11.4. The van der Waals surface area contributed by atoms with E-state index in [1.54, 1.807) is 0 Å². The predicted octanol–water partition coefficient (Wildman–Crippen LogP) is -7.55. The second-order valence-electron chi connectivity index (χ2n) is 10.8. The van der Waals surface area contributed by atoms with Crippen LogP contribution in [0.4, 0.5) is 0 Å². The van der Waals surface area contributed by atoms with Crippen LogP contribution in [0, 0.1) is 0 Å². The summed E-state index contributed by atoms with van der Waals surface area (Å²) in [7, 11) is 4.18. The molecule has 0 aromatic carbocycles. The number of carboxylic acids is 6. The van der Waals surface area contributed by atoms with Crippen LogP contribution in [0.3, 0.4) is 0 Å². The van der Waals surface area contributed by atoms with Gasteiger partial charge in [-0.3, -0.25) is 57.5 Å². The van der Waals surface area contributed by atoms with Gasteiger partial charge in [0.1, 0.15) is 18.1 Å². The van der Waals surface area contributed by atoms with Crippen LogP contribution >= 0.6 is 25.6 Å². The predicted molar refractivity (Wildman–Crippen MR) is 206 cm³/mol. The van der Waals surface area contributed by atoms with Gasteiger partial charge in [-0.2, -0.15) is 0 Å². The molecular weight excluding hydrogens is 843 g/mol. The van der Waals surface area contributed by atoms with E-state index in [1.165, 1.54) is 21.1 Å². The second-order valence-corrected chi connectivity index (χ2v) is 11.3. The molecule has 6 amide bonds. The SMILES string of the molecule is CNC(=O)C(CC(=O)O)NC(=O)C(N)CC(=O)O.CNC(=O)C(N)CC(=O)O.CNC(=O)CCC(N)C(=O)O.NC(CC(=O)NS)C(=O)O.NC(CC(=O)O)C(=O)NS. The zero-order chi connectivity index (χ0) is 47.6. The molecule has 0 radical (unpaired) electrons. The molecule has 0 aliphatic heterocycles. The first-order valence-corrected chi connectivity index (χ1v) is 16.9. The van der Waals surface area contributed by atoms with Crippen LogP contribution in [-0.2, 0) is 57.5 Å².